The molecule has 0 aromatic heterocycles. The maximum absolute atomic E-state index is 12.2. The maximum atomic E-state index is 12.2. The van der Waals surface area contributed by atoms with Crippen molar-refractivity contribution in [3.8, 4) is 0 Å². The zero-order valence-electron chi connectivity index (χ0n) is 15.9. The van der Waals surface area contributed by atoms with Gasteiger partial charge < -0.3 is 21.6 Å². The third-order valence-electron chi connectivity index (χ3n) is 4.13. The Hall–Kier alpha value is -3.68. The van der Waals surface area contributed by atoms with E-state index >= 15 is 0 Å². The molecule has 0 fully saturated rings. The highest BCUT2D eigenvalue weighted by molar-refractivity contribution is 5.97. The zero-order valence-corrected chi connectivity index (χ0v) is 15.9. The Morgan fingerprint density at radius 2 is 1.59 bits per heavy atom. The highest BCUT2D eigenvalue weighted by atomic mass is 16.4. The zero-order chi connectivity index (χ0) is 21.1. The van der Waals surface area contributed by atoms with E-state index in [1.54, 1.807) is 36.4 Å². The molecule has 8 nitrogen and oxygen atoms in total. The number of nitrogens with one attached hydrogen (secondary N) is 2. The summed E-state index contributed by atoms with van der Waals surface area (Å²) in [7, 11) is 0. The molecule has 0 aliphatic carbocycles. The monoisotopic (exact) mass is 396 g/mol. The van der Waals surface area contributed by atoms with E-state index in [2.05, 4.69) is 15.7 Å². The summed E-state index contributed by atoms with van der Waals surface area (Å²) in [5.41, 5.74) is 2.94. The molecule has 0 aliphatic rings. The van der Waals surface area contributed by atoms with Crippen molar-refractivity contribution < 1.29 is 19.5 Å². The average molecular weight is 396 g/mol. The quantitative estimate of drug-likeness (QED) is 0.278. The first-order valence-corrected chi connectivity index (χ1v) is 9.20. The van der Waals surface area contributed by atoms with E-state index in [1.807, 2.05) is 12.1 Å². The highest BCUT2D eigenvalue weighted by Crippen LogP contribution is 2.18. The Balaban J connectivity index is 1.82. The number of nitrogens with zero attached hydrogens (tertiary/aromatic N) is 1. The largest absolute Gasteiger partial charge is 0.481 e. The molecular formula is C21H24N4O4. The van der Waals surface area contributed by atoms with Gasteiger partial charge in [0.1, 0.15) is 0 Å². The number of carboxylic acids is 1. The van der Waals surface area contributed by atoms with Gasteiger partial charge in [-0.15, -0.1) is 0 Å². The summed E-state index contributed by atoms with van der Waals surface area (Å²) < 4.78 is 0. The average Bonchev–Trinajstić information content (AvgIpc) is 2.69. The molecule has 0 saturated carbocycles. The molecule has 5 N–H and O–H groups in total. The first kappa shape index (κ1) is 21.6. The summed E-state index contributed by atoms with van der Waals surface area (Å²) in [5.74, 6) is 3.69. The molecule has 0 saturated heterocycles. The van der Waals surface area contributed by atoms with Crippen LogP contribution in [0.1, 0.15) is 36.8 Å². The fourth-order valence-corrected chi connectivity index (χ4v) is 2.69. The van der Waals surface area contributed by atoms with Gasteiger partial charge in [0.05, 0.1) is 6.21 Å². The molecule has 0 spiro atoms. The first-order chi connectivity index (χ1) is 14.0. The van der Waals surface area contributed by atoms with Crippen LogP contribution in [-0.4, -0.2) is 29.1 Å². The number of carbonyl (C=O) groups excluding carboxylic acids is 2. The molecule has 0 atom stereocenters. The van der Waals surface area contributed by atoms with E-state index in [4.69, 9.17) is 10.9 Å². The molecule has 0 bridgehead atoms. The molecule has 0 unspecified atom stereocenters. The summed E-state index contributed by atoms with van der Waals surface area (Å²) in [5, 5.41) is 17.7. The number of hydrogen-bond acceptors (Lipinski definition) is 5. The normalized spacial score (nSPS) is 10.6. The minimum Gasteiger partial charge on any atom is -0.481 e. The number of nitrogens with two attached hydrogens (primary N) is 1. The fourth-order valence-electron chi connectivity index (χ4n) is 2.69. The molecule has 152 valence electrons. The van der Waals surface area contributed by atoms with Gasteiger partial charge in [0.15, 0.2) is 0 Å². The Morgan fingerprint density at radius 3 is 2.24 bits per heavy atom. The number of hydrazone groups is 1. The first-order valence-electron chi connectivity index (χ1n) is 9.20. The number of carboxylic acid groups (broad SMARTS) is 1. The van der Waals surface area contributed by atoms with E-state index < -0.39 is 5.97 Å². The molecule has 8 heteroatoms. The molecule has 2 aromatic rings. The lowest BCUT2D eigenvalue weighted by Gasteiger charge is -2.11. The molecule has 2 aromatic carbocycles. The number of para-hydroxylation sites is 1. The van der Waals surface area contributed by atoms with Gasteiger partial charge in [0.25, 0.3) is 0 Å². The van der Waals surface area contributed by atoms with Gasteiger partial charge in [0, 0.05) is 30.6 Å². The van der Waals surface area contributed by atoms with Crippen molar-refractivity contribution in [2.24, 2.45) is 10.9 Å². The minimum atomic E-state index is -0.848. The number of hydrogen-bond donors (Lipinski definition) is 4. The van der Waals surface area contributed by atoms with E-state index in [0.717, 1.165) is 11.1 Å². The van der Waals surface area contributed by atoms with Crippen LogP contribution < -0.4 is 16.5 Å². The summed E-state index contributed by atoms with van der Waals surface area (Å²) in [6.07, 6.45) is 2.68. The number of carbonyl (C=O) groups is 3. The molecular weight excluding hydrogens is 372 g/mol. The summed E-state index contributed by atoms with van der Waals surface area (Å²) in [6, 6.07) is 14.2. The van der Waals surface area contributed by atoms with E-state index in [9.17, 15) is 14.4 Å². The van der Waals surface area contributed by atoms with Crippen molar-refractivity contribution in [3.05, 3.63) is 59.7 Å². The second kappa shape index (κ2) is 11.2. The van der Waals surface area contributed by atoms with Gasteiger partial charge in [-0.1, -0.05) is 30.3 Å². The lowest BCUT2D eigenvalue weighted by atomic mass is 10.1. The van der Waals surface area contributed by atoms with Crippen LogP contribution >= 0.6 is 0 Å². The van der Waals surface area contributed by atoms with Crippen LogP contribution in [0.15, 0.2) is 53.6 Å². The lowest BCUT2D eigenvalue weighted by molar-refractivity contribution is -0.137. The van der Waals surface area contributed by atoms with Crippen molar-refractivity contribution in [1.29, 1.82) is 0 Å². The highest BCUT2D eigenvalue weighted by Gasteiger charge is 2.10. The number of anilines is 2. The van der Waals surface area contributed by atoms with Crippen LogP contribution in [-0.2, 0) is 20.8 Å². The van der Waals surface area contributed by atoms with Crippen LogP contribution in [0.3, 0.4) is 0 Å². The third kappa shape index (κ3) is 7.84. The third-order valence-corrected chi connectivity index (χ3v) is 4.13. The fraction of sp³-hybridized carbons (Fsp3) is 0.238. The van der Waals surface area contributed by atoms with Crippen molar-refractivity contribution in [2.45, 2.75) is 32.1 Å². The SMILES string of the molecule is NN=Cc1ccc(NC(=O)CCC(=O)Nc2ccccc2CCCC(=O)O)cc1. The second-order valence-electron chi connectivity index (χ2n) is 6.40. The molecule has 2 amide bonds. The van der Waals surface area contributed by atoms with E-state index in [0.29, 0.717) is 24.2 Å². The minimum absolute atomic E-state index is 0.0349. The predicted molar refractivity (Wildman–Crippen MR) is 112 cm³/mol. The standard InChI is InChI=1S/C21H24N4O4/c22-23-14-15-8-10-17(11-9-15)24-19(26)12-13-20(27)25-18-6-2-1-4-16(18)5-3-7-21(28)29/h1-2,4,6,8-11,14H,3,5,7,12-13,22H2,(H,24,26)(H,25,27)(H,28,29). The van der Waals surface area contributed by atoms with Crippen LogP contribution in [0, 0.1) is 0 Å². The predicted octanol–water partition coefficient (Wildman–Crippen LogP) is 2.74. The topological polar surface area (TPSA) is 134 Å². The van der Waals surface area contributed by atoms with Crippen molar-refractivity contribution in [3.63, 3.8) is 0 Å². The van der Waals surface area contributed by atoms with Gasteiger partial charge in [-0.05, 0) is 42.2 Å². The van der Waals surface area contributed by atoms with Gasteiger partial charge in [-0.2, -0.15) is 5.10 Å². The summed E-state index contributed by atoms with van der Waals surface area (Å²) in [6.45, 7) is 0. The van der Waals surface area contributed by atoms with Crippen LogP contribution in [0.5, 0.6) is 0 Å². The molecule has 0 radical (unpaired) electrons. The number of aliphatic carboxylic acids is 1. The molecule has 0 heterocycles. The maximum Gasteiger partial charge on any atom is 0.303 e. The molecule has 29 heavy (non-hydrogen) atoms. The van der Waals surface area contributed by atoms with Gasteiger partial charge >= 0.3 is 5.97 Å². The van der Waals surface area contributed by atoms with Gasteiger partial charge in [-0.3, -0.25) is 14.4 Å². The number of aryl methyl sites for hydroxylation is 1. The molecule has 0 aliphatic heterocycles. The molecule has 2 rings (SSSR count). The summed E-state index contributed by atoms with van der Waals surface area (Å²) >= 11 is 0. The lowest BCUT2D eigenvalue weighted by Crippen LogP contribution is -2.18. The van der Waals surface area contributed by atoms with Crippen molar-refractivity contribution in [1.82, 2.24) is 0 Å². The Morgan fingerprint density at radius 1 is 0.931 bits per heavy atom. The van der Waals surface area contributed by atoms with Gasteiger partial charge in [0.2, 0.25) is 11.8 Å². The van der Waals surface area contributed by atoms with Crippen LogP contribution in [0.4, 0.5) is 11.4 Å². The smallest absolute Gasteiger partial charge is 0.303 e. The number of benzene rings is 2. The number of rotatable bonds is 10. The number of amides is 2. The van der Waals surface area contributed by atoms with Crippen molar-refractivity contribution in [2.75, 3.05) is 10.6 Å². The van der Waals surface area contributed by atoms with E-state index in [-0.39, 0.29) is 31.1 Å². The Bertz CT molecular complexity index is 879. The second-order valence-corrected chi connectivity index (χ2v) is 6.40. The Labute approximate surface area is 168 Å². The Kier molecular flexibility index (Phi) is 8.37. The van der Waals surface area contributed by atoms with Gasteiger partial charge in [-0.25, -0.2) is 0 Å². The van der Waals surface area contributed by atoms with Crippen LogP contribution in [0.25, 0.3) is 0 Å². The van der Waals surface area contributed by atoms with Crippen molar-refractivity contribution >= 4 is 35.4 Å². The van der Waals surface area contributed by atoms with E-state index in [1.165, 1.54) is 6.21 Å². The van der Waals surface area contributed by atoms with Crippen LogP contribution in [0.2, 0.25) is 0 Å². The summed E-state index contributed by atoms with van der Waals surface area (Å²) in [4.78, 5) is 34.9.